The van der Waals surface area contributed by atoms with Crippen LogP contribution in [0.1, 0.15) is 18.2 Å². The Morgan fingerprint density at radius 3 is 3.00 bits per heavy atom. The summed E-state index contributed by atoms with van der Waals surface area (Å²) in [6.45, 7) is 3.06. The van der Waals surface area contributed by atoms with Crippen LogP contribution in [-0.4, -0.2) is 18.8 Å². The van der Waals surface area contributed by atoms with E-state index in [9.17, 15) is 0 Å². The molecule has 0 aliphatic carbocycles. The summed E-state index contributed by atoms with van der Waals surface area (Å²) in [6.07, 6.45) is 2.21. The molecule has 1 aliphatic heterocycles. The quantitative estimate of drug-likeness (QED) is 0.889. The Labute approximate surface area is 99.4 Å². The van der Waals surface area contributed by atoms with E-state index in [1.807, 2.05) is 12.1 Å². The summed E-state index contributed by atoms with van der Waals surface area (Å²) < 4.78 is 6.48. The molecule has 1 aromatic heterocycles. The number of halogens is 1. The lowest BCUT2D eigenvalue weighted by Crippen LogP contribution is -2.39. The highest BCUT2D eigenvalue weighted by molar-refractivity contribution is 7.16. The zero-order chi connectivity index (χ0) is 10.8. The number of hydrogen-bond acceptors (Lipinski definition) is 3. The first-order chi connectivity index (χ1) is 7.16. The molecule has 1 aliphatic rings. The van der Waals surface area contributed by atoms with Crippen LogP contribution in [0.2, 0.25) is 4.34 Å². The number of rotatable bonds is 3. The topological polar surface area (TPSA) is 35.2 Å². The largest absolute Gasteiger partial charge is 0.376 e. The van der Waals surface area contributed by atoms with E-state index in [1.165, 1.54) is 4.88 Å². The molecule has 1 aromatic rings. The number of nitrogens with two attached hydrogens (primary N) is 1. The van der Waals surface area contributed by atoms with Crippen LogP contribution in [0.15, 0.2) is 12.1 Å². The fourth-order valence-corrected chi connectivity index (χ4v) is 3.23. The van der Waals surface area contributed by atoms with Crippen molar-refractivity contribution in [2.45, 2.75) is 31.9 Å². The fourth-order valence-electron chi connectivity index (χ4n) is 2.07. The summed E-state index contributed by atoms with van der Waals surface area (Å²) in [5, 5.41) is 0. The molecule has 1 fully saturated rings. The molecular formula is C11H16ClNOS. The standard InChI is InChI=1S/C11H16ClNOS/c1-7-4-5-14-11(7)9(13)6-8-2-3-10(12)15-8/h2-3,7,9,11H,4-6,13H2,1H3. The molecule has 0 radical (unpaired) electrons. The van der Waals surface area contributed by atoms with Crippen molar-refractivity contribution in [1.82, 2.24) is 0 Å². The molecule has 2 heterocycles. The van der Waals surface area contributed by atoms with Crippen molar-refractivity contribution in [3.8, 4) is 0 Å². The Balaban J connectivity index is 1.94. The van der Waals surface area contributed by atoms with Crippen LogP contribution in [0.4, 0.5) is 0 Å². The first-order valence-corrected chi connectivity index (χ1v) is 6.47. The zero-order valence-corrected chi connectivity index (χ0v) is 10.4. The van der Waals surface area contributed by atoms with Gasteiger partial charge in [0.25, 0.3) is 0 Å². The van der Waals surface area contributed by atoms with E-state index in [0.717, 1.165) is 23.8 Å². The van der Waals surface area contributed by atoms with Gasteiger partial charge in [-0.3, -0.25) is 0 Å². The van der Waals surface area contributed by atoms with Crippen LogP contribution >= 0.6 is 22.9 Å². The van der Waals surface area contributed by atoms with Gasteiger partial charge < -0.3 is 10.5 Å². The molecular weight excluding hydrogens is 230 g/mol. The molecule has 1 saturated heterocycles. The molecule has 15 heavy (non-hydrogen) atoms. The second kappa shape index (κ2) is 4.83. The van der Waals surface area contributed by atoms with Gasteiger partial charge in [0.2, 0.25) is 0 Å². The lowest BCUT2D eigenvalue weighted by molar-refractivity contribution is 0.0728. The SMILES string of the molecule is CC1CCOC1C(N)Cc1ccc(Cl)s1. The van der Waals surface area contributed by atoms with Gasteiger partial charge in [0.05, 0.1) is 10.4 Å². The van der Waals surface area contributed by atoms with E-state index in [2.05, 4.69) is 6.92 Å². The molecule has 2 nitrogen and oxygen atoms in total. The first-order valence-electron chi connectivity index (χ1n) is 5.28. The van der Waals surface area contributed by atoms with Crippen LogP contribution in [0.3, 0.4) is 0 Å². The zero-order valence-electron chi connectivity index (χ0n) is 8.78. The molecule has 4 heteroatoms. The van der Waals surface area contributed by atoms with Crippen molar-refractivity contribution in [2.75, 3.05) is 6.61 Å². The van der Waals surface area contributed by atoms with Crippen molar-refractivity contribution in [3.05, 3.63) is 21.3 Å². The van der Waals surface area contributed by atoms with E-state index in [-0.39, 0.29) is 12.1 Å². The van der Waals surface area contributed by atoms with E-state index in [1.54, 1.807) is 11.3 Å². The summed E-state index contributed by atoms with van der Waals surface area (Å²) in [4.78, 5) is 1.25. The molecule has 2 rings (SSSR count). The first kappa shape index (κ1) is 11.4. The van der Waals surface area contributed by atoms with E-state index in [4.69, 9.17) is 22.1 Å². The predicted molar refractivity (Wildman–Crippen MR) is 64.5 cm³/mol. The lowest BCUT2D eigenvalue weighted by Gasteiger charge is -2.21. The Morgan fingerprint density at radius 1 is 1.67 bits per heavy atom. The molecule has 3 atom stereocenters. The van der Waals surface area contributed by atoms with Crippen LogP contribution < -0.4 is 5.73 Å². The van der Waals surface area contributed by atoms with Gasteiger partial charge in [-0.15, -0.1) is 11.3 Å². The second-order valence-electron chi connectivity index (χ2n) is 4.18. The minimum atomic E-state index is 0.0946. The Bertz CT molecular complexity index is 328. The highest BCUT2D eigenvalue weighted by Crippen LogP contribution is 2.27. The minimum Gasteiger partial charge on any atom is -0.376 e. The monoisotopic (exact) mass is 245 g/mol. The van der Waals surface area contributed by atoms with Gasteiger partial charge in [0, 0.05) is 17.5 Å². The Hall–Kier alpha value is -0.0900. The molecule has 2 N–H and O–H groups in total. The van der Waals surface area contributed by atoms with Gasteiger partial charge in [-0.05, 0) is 30.9 Å². The van der Waals surface area contributed by atoms with Crippen LogP contribution in [-0.2, 0) is 11.2 Å². The molecule has 0 amide bonds. The number of ether oxygens (including phenoxy) is 1. The van der Waals surface area contributed by atoms with Gasteiger partial charge in [0.1, 0.15) is 0 Å². The van der Waals surface area contributed by atoms with Crippen molar-refractivity contribution < 1.29 is 4.74 Å². The third kappa shape index (κ3) is 2.72. The van der Waals surface area contributed by atoms with Gasteiger partial charge in [0.15, 0.2) is 0 Å². The molecule has 3 unspecified atom stereocenters. The third-order valence-corrected chi connectivity index (χ3v) is 4.19. The molecule has 0 saturated carbocycles. The van der Waals surface area contributed by atoms with Crippen LogP contribution in [0, 0.1) is 5.92 Å². The summed E-state index contributed by atoms with van der Waals surface area (Å²) in [6, 6.07) is 4.07. The number of hydrogen-bond donors (Lipinski definition) is 1. The van der Waals surface area contributed by atoms with E-state index < -0.39 is 0 Å². The Morgan fingerprint density at radius 2 is 2.47 bits per heavy atom. The molecule has 0 aromatic carbocycles. The van der Waals surface area contributed by atoms with Gasteiger partial charge in [-0.2, -0.15) is 0 Å². The normalized spacial score (nSPS) is 28.2. The van der Waals surface area contributed by atoms with E-state index >= 15 is 0 Å². The highest BCUT2D eigenvalue weighted by Gasteiger charge is 2.29. The number of thiophene rings is 1. The molecule has 84 valence electrons. The summed E-state index contributed by atoms with van der Waals surface area (Å²) in [5.74, 6) is 0.579. The van der Waals surface area contributed by atoms with Crippen molar-refractivity contribution in [3.63, 3.8) is 0 Å². The van der Waals surface area contributed by atoms with Gasteiger partial charge >= 0.3 is 0 Å². The summed E-state index contributed by atoms with van der Waals surface area (Å²) in [5.41, 5.74) is 6.15. The summed E-state index contributed by atoms with van der Waals surface area (Å²) >= 11 is 7.48. The van der Waals surface area contributed by atoms with Gasteiger partial charge in [-0.1, -0.05) is 18.5 Å². The highest BCUT2D eigenvalue weighted by atomic mass is 35.5. The summed E-state index contributed by atoms with van der Waals surface area (Å²) in [7, 11) is 0. The maximum absolute atomic E-state index is 6.15. The van der Waals surface area contributed by atoms with E-state index in [0.29, 0.717) is 5.92 Å². The smallest absolute Gasteiger partial charge is 0.0931 e. The predicted octanol–water partition coefficient (Wildman–Crippen LogP) is 2.70. The maximum Gasteiger partial charge on any atom is 0.0931 e. The van der Waals surface area contributed by atoms with Crippen LogP contribution in [0.25, 0.3) is 0 Å². The fraction of sp³-hybridized carbons (Fsp3) is 0.636. The lowest BCUT2D eigenvalue weighted by atomic mass is 9.96. The van der Waals surface area contributed by atoms with Crippen LogP contribution in [0.5, 0.6) is 0 Å². The van der Waals surface area contributed by atoms with Crippen molar-refractivity contribution in [2.24, 2.45) is 11.7 Å². The third-order valence-electron chi connectivity index (χ3n) is 2.93. The average molecular weight is 246 g/mol. The van der Waals surface area contributed by atoms with Crippen molar-refractivity contribution >= 4 is 22.9 Å². The maximum atomic E-state index is 6.15. The van der Waals surface area contributed by atoms with Crippen molar-refractivity contribution in [1.29, 1.82) is 0 Å². The second-order valence-corrected chi connectivity index (χ2v) is 5.97. The minimum absolute atomic E-state index is 0.0946. The molecule has 0 bridgehead atoms. The average Bonchev–Trinajstić information content (AvgIpc) is 2.75. The molecule has 0 spiro atoms. The Kier molecular flexibility index (Phi) is 3.67. The van der Waals surface area contributed by atoms with Gasteiger partial charge in [-0.25, -0.2) is 0 Å².